The fourth-order valence-corrected chi connectivity index (χ4v) is 3.21. The van der Waals surface area contributed by atoms with E-state index in [1.54, 1.807) is 35.0 Å². The Morgan fingerprint density at radius 3 is 2.48 bits per heavy atom. The van der Waals surface area contributed by atoms with Crippen molar-refractivity contribution in [1.82, 2.24) is 4.68 Å². The summed E-state index contributed by atoms with van der Waals surface area (Å²) in [6, 6.07) is 17.9. The zero-order chi connectivity index (χ0) is 19.4. The maximum Gasteiger partial charge on any atom is 0.303 e. The van der Waals surface area contributed by atoms with Gasteiger partial charge in [-0.3, -0.25) is 19.7 Å². The molecule has 0 radical (unpaired) electrons. The Bertz CT molecular complexity index is 983. The van der Waals surface area contributed by atoms with Gasteiger partial charge in [0.2, 0.25) is 0 Å². The van der Waals surface area contributed by atoms with E-state index in [0.717, 1.165) is 15.7 Å². The Morgan fingerprint density at radius 1 is 1.07 bits per heavy atom. The molecule has 27 heavy (non-hydrogen) atoms. The molecule has 0 bridgehead atoms. The maximum atomic E-state index is 12.7. The van der Waals surface area contributed by atoms with Crippen LogP contribution in [-0.4, -0.2) is 21.7 Å². The average molecular weight is 448 g/mol. The van der Waals surface area contributed by atoms with E-state index >= 15 is 0 Å². The molecule has 5 nitrogen and oxygen atoms in total. The number of aromatic nitrogens is 1. The van der Waals surface area contributed by atoms with Crippen molar-refractivity contribution in [2.45, 2.75) is 12.8 Å². The Morgan fingerprint density at radius 2 is 1.81 bits per heavy atom. The molecule has 0 unspecified atom stereocenters. The molecule has 0 fully saturated rings. The van der Waals surface area contributed by atoms with Gasteiger partial charge in [0.25, 0.3) is 5.91 Å². The molecule has 2 aromatic carbocycles. The van der Waals surface area contributed by atoms with E-state index in [1.165, 1.54) is 0 Å². The van der Waals surface area contributed by atoms with Crippen molar-refractivity contribution in [3.05, 3.63) is 81.4 Å². The summed E-state index contributed by atoms with van der Waals surface area (Å²) in [7, 11) is 0. The summed E-state index contributed by atoms with van der Waals surface area (Å²) in [6.45, 7) is 0. The lowest BCUT2D eigenvalue weighted by Gasteiger charge is -2.15. The minimum atomic E-state index is -0.894. The van der Waals surface area contributed by atoms with Gasteiger partial charge in [-0.25, -0.2) is 0 Å². The van der Waals surface area contributed by atoms with Crippen molar-refractivity contribution in [2.24, 2.45) is 0 Å². The van der Waals surface area contributed by atoms with Gasteiger partial charge in [0, 0.05) is 32.7 Å². The first kappa shape index (κ1) is 19.2. The number of carboxylic acid groups (broad SMARTS) is 1. The second-order valence-corrected chi connectivity index (χ2v) is 7.25. The van der Waals surface area contributed by atoms with Crippen LogP contribution in [0, 0.1) is 0 Å². The van der Waals surface area contributed by atoms with Crippen LogP contribution in [0.1, 0.15) is 22.5 Å². The van der Waals surface area contributed by atoms with E-state index in [2.05, 4.69) is 21.4 Å². The van der Waals surface area contributed by atoms with Gasteiger partial charge in [0.05, 0.1) is 12.1 Å². The van der Waals surface area contributed by atoms with Gasteiger partial charge in [0.1, 0.15) is 0 Å². The summed E-state index contributed by atoms with van der Waals surface area (Å²) in [4.78, 5) is 23.7. The fourth-order valence-electron chi connectivity index (χ4n) is 2.68. The van der Waals surface area contributed by atoms with Crippen molar-refractivity contribution in [3.63, 3.8) is 0 Å². The highest BCUT2D eigenvalue weighted by molar-refractivity contribution is 9.10. The van der Waals surface area contributed by atoms with Crippen LogP contribution in [0.2, 0.25) is 5.02 Å². The molecule has 1 amide bonds. The number of rotatable bonds is 6. The van der Waals surface area contributed by atoms with Crippen molar-refractivity contribution < 1.29 is 14.7 Å². The SMILES string of the molecule is O=C(O)CCc1ccc(-c2ccc(Cl)cc2)n1NC(=O)c1cccc(Br)c1. The van der Waals surface area contributed by atoms with Crippen LogP contribution >= 0.6 is 27.5 Å². The number of carboxylic acids is 1. The van der Waals surface area contributed by atoms with E-state index in [1.807, 2.05) is 30.3 Å². The van der Waals surface area contributed by atoms with Gasteiger partial charge in [-0.2, -0.15) is 0 Å². The van der Waals surface area contributed by atoms with E-state index < -0.39 is 5.97 Å². The Balaban J connectivity index is 1.96. The summed E-state index contributed by atoms with van der Waals surface area (Å²) < 4.78 is 2.43. The highest BCUT2D eigenvalue weighted by Gasteiger charge is 2.15. The molecule has 0 aliphatic heterocycles. The number of amides is 1. The molecule has 0 spiro atoms. The molecule has 0 aliphatic carbocycles. The van der Waals surface area contributed by atoms with Crippen LogP contribution in [-0.2, 0) is 11.2 Å². The number of nitrogens with one attached hydrogen (secondary N) is 1. The number of hydrogen-bond donors (Lipinski definition) is 2. The van der Waals surface area contributed by atoms with Gasteiger partial charge in [-0.1, -0.05) is 45.7 Å². The largest absolute Gasteiger partial charge is 0.481 e. The molecular weight excluding hydrogens is 432 g/mol. The Kier molecular flexibility index (Phi) is 5.98. The average Bonchev–Trinajstić information content (AvgIpc) is 3.03. The Hall–Kier alpha value is -2.57. The highest BCUT2D eigenvalue weighted by Crippen LogP contribution is 2.24. The first-order valence-electron chi connectivity index (χ1n) is 8.19. The van der Waals surface area contributed by atoms with Crippen molar-refractivity contribution in [3.8, 4) is 11.3 Å². The van der Waals surface area contributed by atoms with Crippen LogP contribution in [0.25, 0.3) is 11.3 Å². The summed E-state index contributed by atoms with van der Waals surface area (Å²) in [5.74, 6) is -1.19. The molecule has 3 aromatic rings. The normalized spacial score (nSPS) is 10.6. The number of halogens is 2. The predicted octanol–water partition coefficient (Wildman–Crippen LogP) is 4.97. The molecule has 2 N–H and O–H groups in total. The first-order valence-corrected chi connectivity index (χ1v) is 9.36. The monoisotopic (exact) mass is 446 g/mol. The van der Waals surface area contributed by atoms with Crippen molar-refractivity contribution >= 4 is 39.4 Å². The van der Waals surface area contributed by atoms with E-state index in [9.17, 15) is 9.59 Å². The van der Waals surface area contributed by atoms with Crippen molar-refractivity contribution in [2.75, 3.05) is 5.43 Å². The zero-order valence-electron chi connectivity index (χ0n) is 14.2. The number of carbonyl (C=O) groups excluding carboxylic acids is 1. The number of carbonyl (C=O) groups is 2. The molecule has 0 aliphatic rings. The summed E-state index contributed by atoms with van der Waals surface area (Å²) in [5, 5.41) is 9.61. The van der Waals surface area contributed by atoms with Crippen LogP contribution in [0.3, 0.4) is 0 Å². The van der Waals surface area contributed by atoms with Gasteiger partial charge in [-0.15, -0.1) is 0 Å². The summed E-state index contributed by atoms with van der Waals surface area (Å²) in [6.07, 6.45) is 0.262. The van der Waals surface area contributed by atoms with Crippen LogP contribution in [0.15, 0.2) is 65.1 Å². The summed E-state index contributed by atoms with van der Waals surface area (Å²) >= 11 is 9.32. The number of hydrogen-bond acceptors (Lipinski definition) is 2. The van der Waals surface area contributed by atoms with Gasteiger partial charge in [0.15, 0.2) is 0 Å². The number of aliphatic carboxylic acids is 1. The molecule has 0 atom stereocenters. The summed E-state index contributed by atoms with van der Waals surface area (Å²) in [5.41, 5.74) is 5.66. The molecule has 1 heterocycles. The van der Waals surface area contributed by atoms with Gasteiger partial charge in [-0.05, 0) is 42.5 Å². The van der Waals surface area contributed by atoms with E-state index in [-0.39, 0.29) is 12.3 Å². The lowest BCUT2D eigenvalue weighted by atomic mass is 10.1. The Labute approximate surface area is 169 Å². The number of aryl methyl sites for hydroxylation is 1. The minimum Gasteiger partial charge on any atom is -0.481 e. The van der Waals surface area contributed by atoms with Crippen LogP contribution in [0.4, 0.5) is 0 Å². The second kappa shape index (κ2) is 8.41. The third-order valence-corrected chi connectivity index (χ3v) is 4.74. The third-order valence-electron chi connectivity index (χ3n) is 4.00. The molecule has 0 saturated carbocycles. The number of nitrogens with zero attached hydrogens (tertiary/aromatic N) is 1. The smallest absolute Gasteiger partial charge is 0.303 e. The standard InChI is InChI=1S/C20H16BrClN2O3/c21-15-3-1-2-14(12-15)20(27)23-24-17(9-11-19(25)26)8-10-18(24)13-4-6-16(22)7-5-13/h1-8,10,12H,9,11H2,(H,23,27)(H,25,26). The molecule has 0 saturated heterocycles. The van der Waals surface area contributed by atoms with Crippen LogP contribution in [0.5, 0.6) is 0 Å². The third kappa shape index (κ3) is 4.78. The van der Waals surface area contributed by atoms with E-state index in [4.69, 9.17) is 16.7 Å². The molecular formula is C20H16BrClN2O3. The van der Waals surface area contributed by atoms with Gasteiger partial charge >= 0.3 is 5.97 Å². The predicted molar refractivity (Wildman–Crippen MR) is 109 cm³/mol. The van der Waals surface area contributed by atoms with Gasteiger partial charge < -0.3 is 5.11 Å². The van der Waals surface area contributed by atoms with E-state index in [0.29, 0.717) is 22.7 Å². The number of benzene rings is 2. The molecule has 1 aromatic heterocycles. The maximum absolute atomic E-state index is 12.7. The minimum absolute atomic E-state index is 0.0309. The van der Waals surface area contributed by atoms with Crippen molar-refractivity contribution in [1.29, 1.82) is 0 Å². The topological polar surface area (TPSA) is 71.3 Å². The molecule has 3 rings (SSSR count). The first-order chi connectivity index (χ1) is 12.9. The molecule has 138 valence electrons. The second-order valence-electron chi connectivity index (χ2n) is 5.90. The van der Waals surface area contributed by atoms with Crippen LogP contribution < -0.4 is 5.43 Å². The lowest BCUT2D eigenvalue weighted by molar-refractivity contribution is -0.136. The molecule has 7 heteroatoms. The fraction of sp³-hybridized carbons (Fsp3) is 0.100. The quantitative estimate of drug-likeness (QED) is 0.560. The zero-order valence-corrected chi connectivity index (χ0v) is 16.5. The lowest BCUT2D eigenvalue weighted by Crippen LogP contribution is -2.25. The highest BCUT2D eigenvalue weighted by atomic mass is 79.9.